The molecule has 1 rings (SSSR count). The van der Waals surface area contributed by atoms with Gasteiger partial charge in [0.05, 0.1) is 12.0 Å². The van der Waals surface area contributed by atoms with E-state index >= 15 is 0 Å². The van der Waals surface area contributed by atoms with Crippen molar-refractivity contribution < 1.29 is 4.79 Å². The van der Waals surface area contributed by atoms with Crippen molar-refractivity contribution in [1.82, 2.24) is 15.5 Å². The Morgan fingerprint density at radius 2 is 2.10 bits per heavy atom. The minimum absolute atomic E-state index is 0.0247. The summed E-state index contributed by atoms with van der Waals surface area (Å²) in [5.41, 5.74) is -0.491. The maximum atomic E-state index is 11.9. The largest absolute Gasteiger partial charge is 0.359 e. The molecule has 1 amide bonds. The highest BCUT2D eigenvalue weighted by molar-refractivity contribution is 8.00. The maximum absolute atomic E-state index is 11.9. The highest BCUT2D eigenvalue weighted by Gasteiger charge is 2.30. The summed E-state index contributed by atoms with van der Waals surface area (Å²) >= 11 is 2.00. The smallest absolute Gasteiger partial charge is 0.227 e. The van der Waals surface area contributed by atoms with Crippen LogP contribution in [-0.2, 0) is 4.79 Å². The predicted molar refractivity (Wildman–Crippen MR) is 91.9 cm³/mol. The van der Waals surface area contributed by atoms with Crippen molar-refractivity contribution in [3.05, 3.63) is 0 Å². The van der Waals surface area contributed by atoms with Crippen molar-refractivity contribution in [3.8, 4) is 0 Å². The molecule has 0 spiro atoms. The average molecular weight is 314 g/mol. The molecule has 6 heteroatoms. The van der Waals surface area contributed by atoms with Crippen molar-refractivity contribution in [2.45, 2.75) is 39.4 Å². The molecule has 0 aromatic heterocycles. The van der Waals surface area contributed by atoms with Crippen LogP contribution in [0.4, 0.5) is 0 Å². The van der Waals surface area contributed by atoms with Crippen molar-refractivity contribution in [1.29, 1.82) is 0 Å². The van der Waals surface area contributed by atoms with E-state index in [1.807, 2.05) is 25.6 Å². The van der Waals surface area contributed by atoms with Gasteiger partial charge in [-0.05, 0) is 34.6 Å². The van der Waals surface area contributed by atoms with E-state index in [0.717, 1.165) is 31.3 Å². The summed E-state index contributed by atoms with van der Waals surface area (Å²) in [5, 5.41) is 6.06. The predicted octanol–water partition coefficient (Wildman–Crippen LogP) is 1.55. The van der Waals surface area contributed by atoms with E-state index in [0.29, 0.717) is 6.54 Å². The topological polar surface area (TPSA) is 56.7 Å². The number of guanidine groups is 1. The average Bonchev–Trinajstić information content (AvgIpc) is 2.41. The number of nitrogens with one attached hydrogen (secondary N) is 2. The number of nitrogens with zero attached hydrogens (tertiary/aromatic N) is 2. The number of hydrogen-bond donors (Lipinski definition) is 2. The third kappa shape index (κ3) is 5.41. The Hall–Kier alpha value is -0.910. The molecule has 1 aliphatic heterocycles. The van der Waals surface area contributed by atoms with Gasteiger partial charge in [-0.3, -0.25) is 9.79 Å². The molecular weight excluding hydrogens is 284 g/mol. The molecule has 1 saturated heterocycles. The van der Waals surface area contributed by atoms with E-state index < -0.39 is 5.41 Å². The molecule has 21 heavy (non-hydrogen) atoms. The fraction of sp³-hybridized carbons (Fsp3) is 0.867. The Balaban J connectivity index is 2.81. The minimum Gasteiger partial charge on any atom is -0.359 e. The van der Waals surface area contributed by atoms with Gasteiger partial charge in [-0.15, -0.1) is 0 Å². The van der Waals surface area contributed by atoms with Gasteiger partial charge in [0.2, 0.25) is 5.91 Å². The van der Waals surface area contributed by atoms with Crippen LogP contribution in [0.3, 0.4) is 0 Å². The zero-order valence-corrected chi connectivity index (χ0v) is 15.1. The van der Waals surface area contributed by atoms with Crippen LogP contribution in [0.5, 0.6) is 0 Å². The maximum Gasteiger partial charge on any atom is 0.227 e. The third-order valence-corrected chi connectivity index (χ3v) is 4.82. The lowest BCUT2D eigenvalue weighted by Crippen LogP contribution is -2.51. The fourth-order valence-electron chi connectivity index (χ4n) is 2.31. The van der Waals surface area contributed by atoms with Gasteiger partial charge in [0.25, 0.3) is 0 Å². The molecule has 0 radical (unpaired) electrons. The van der Waals surface area contributed by atoms with Crippen LogP contribution in [0.15, 0.2) is 4.99 Å². The Morgan fingerprint density at radius 3 is 2.62 bits per heavy atom. The SMILES string of the molecule is CCNC(=NCC(C)(C)C(=O)NC)N1CCSC(C)(C)C1. The molecule has 1 aliphatic rings. The van der Waals surface area contributed by atoms with Gasteiger partial charge in [0, 0.05) is 37.2 Å². The number of rotatable bonds is 4. The van der Waals surface area contributed by atoms with Crippen LogP contribution in [-0.4, -0.2) is 60.5 Å². The molecule has 0 aromatic carbocycles. The standard InChI is InChI=1S/C15H30N4OS/c1-7-17-13(18-10-14(2,3)12(20)16-6)19-8-9-21-15(4,5)11-19/h7-11H2,1-6H3,(H,16,20)(H,17,18). The fourth-order valence-corrected chi connectivity index (χ4v) is 3.42. The van der Waals surface area contributed by atoms with Gasteiger partial charge in [-0.1, -0.05) is 0 Å². The van der Waals surface area contributed by atoms with E-state index in [2.05, 4.69) is 36.3 Å². The van der Waals surface area contributed by atoms with Crippen LogP contribution in [0.2, 0.25) is 0 Å². The van der Waals surface area contributed by atoms with Crippen LogP contribution >= 0.6 is 11.8 Å². The van der Waals surface area contributed by atoms with Gasteiger partial charge >= 0.3 is 0 Å². The second-order valence-corrected chi connectivity index (χ2v) is 8.46. The van der Waals surface area contributed by atoms with Crippen LogP contribution in [0, 0.1) is 5.41 Å². The highest BCUT2D eigenvalue weighted by Crippen LogP contribution is 2.29. The number of thioether (sulfide) groups is 1. The quantitative estimate of drug-likeness (QED) is 0.611. The molecule has 0 bridgehead atoms. The minimum atomic E-state index is -0.491. The van der Waals surface area contributed by atoms with E-state index in [-0.39, 0.29) is 10.7 Å². The third-order valence-electron chi connectivity index (χ3n) is 3.53. The van der Waals surface area contributed by atoms with Gasteiger partial charge in [0.1, 0.15) is 0 Å². The number of carbonyl (C=O) groups is 1. The van der Waals surface area contributed by atoms with E-state index in [9.17, 15) is 4.79 Å². The molecular formula is C15H30N4OS. The summed E-state index contributed by atoms with van der Waals surface area (Å²) in [7, 11) is 1.67. The van der Waals surface area contributed by atoms with Gasteiger partial charge in [-0.25, -0.2) is 0 Å². The van der Waals surface area contributed by atoms with Crippen LogP contribution in [0.1, 0.15) is 34.6 Å². The molecule has 0 aromatic rings. The lowest BCUT2D eigenvalue weighted by Gasteiger charge is -2.39. The normalized spacial score (nSPS) is 19.3. The van der Waals surface area contributed by atoms with Crippen molar-refractivity contribution >= 4 is 23.6 Å². The second kappa shape index (κ2) is 7.38. The zero-order chi connectivity index (χ0) is 16.1. The lowest BCUT2D eigenvalue weighted by atomic mass is 9.93. The molecule has 0 unspecified atom stereocenters. The molecule has 0 aliphatic carbocycles. The number of hydrogen-bond acceptors (Lipinski definition) is 3. The molecule has 1 fully saturated rings. The number of amides is 1. The van der Waals surface area contributed by atoms with Crippen molar-refractivity contribution in [2.24, 2.45) is 10.4 Å². The molecule has 0 atom stereocenters. The van der Waals surface area contributed by atoms with E-state index in [4.69, 9.17) is 4.99 Å². The van der Waals surface area contributed by atoms with Crippen LogP contribution < -0.4 is 10.6 Å². The summed E-state index contributed by atoms with van der Waals surface area (Å²) in [5.74, 6) is 2.05. The first-order chi connectivity index (χ1) is 9.72. The summed E-state index contributed by atoms with van der Waals surface area (Å²) in [4.78, 5) is 18.9. The first kappa shape index (κ1) is 18.1. The van der Waals surface area contributed by atoms with Crippen LogP contribution in [0.25, 0.3) is 0 Å². The first-order valence-corrected chi connectivity index (χ1v) is 8.60. The zero-order valence-electron chi connectivity index (χ0n) is 14.2. The van der Waals surface area contributed by atoms with Gasteiger partial charge in [-0.2, -0.15) is 11.8 Å². The highest BCUT2D eigenvalue weighted by atomic mass is 32.2. The lowest BCUT2D eigenvalue weighted by molar-refractivity contribution is -0.128. The summed E-state index contributed by atoms with van der Waals surface area (Å²) in [6, 6.07) is 0. The van der Waals surface area contributed by atoms with Crippen molar-refractivity contribution in [3.63, 3.8) is 0 Å². The molecule has 1 heterocycles. The van der Waals surface area contributed by atoms with Gasteiger partial charge < -0.3 is 15.5 Å². The summed E-state index contributed by atoms with van der Waals surface area (Å²) in [6.45, 7) is 13.8. The summed E-state index contributed by atoms with van der Waals surface area (Å²) in [6.07, 6.45) is 0. The number of aliphatic imine (C=N–C) groups is 1. The molecule has 5 nitrogen and oxygen atoms in total. The molecule has 2 N–H and O–H groups in total. The second-order valence-electron chi connectivity index (χ2n) is 6.66. The van der Waals surface area contributed by atoms with Crippen molar-refractivity contribution in [2.75, 3.05) is 39.0 Å². The Bertz CT molecular complexity index is 393. The molecule has 122 valence electrons. The van der Waals surface area contributed by atoms with E-state index in [1.54, 1.807) is 7.05 Å². The molecule has 0 saturated carbocycles. The Morgan fingerprint density at radius 1 is 1.43 bits per heavy atom. The monoisotopic (exact) mass is 314 g/mol. The van der Waals surface area contributed by atoms with E-state index in [1.165, 1.54) is 0 Å². The van der Waals surface area contributed by atoms with Gasteiger partial charge in [0.15, 0.2) is 5.96 Å². The number of carbonyl (C=O) groups excluding carboxylic acids is 1. The Labute approximate surface area is 133 Å². The Kier molecular flexibility index (Phi) is 6.38. The first-order valence-electron chi connectivity index (χ1n) is 7.61. The summed E-state index contributed by atoms with van der Waals surface area (Å²) < 4.78 is 0.241.